The number of ether oxygens (including phenoxy) is 1. The maximum Gasteiger partial charge on any atom is 0.435 e. The molecule has 1 saturated heterocycles. The predicted octanol–water partition coefficient (Wildman–Crippen LogP) is 3.95. The predicted molar refractivity (Wildman–Crippen MR) is 143 cm³/mol. The van der Waals surface area contributed by atoms with Crippen molar-refractivity contribution in [3.05, 3.63) is 70.5 Å². The molecule has 0 radical (unpaired) electrons. The molecule has 40 heavy (non-hydrogen) atoms. The van der Waals surface area contributed by atoms with Crippen molar-refractivity contribution >= 4 is 35.2 Å². The van der Waals surface area contributed by atoms with Gasteiger partial charge >= 0.3 is 6.18 Å². The standard InChI is InChI=1S/C27H26F3N5O4S/c1-32(2)24(36)16-4-6-17(7-5-16)34-11-10-19-22(26(34)38)35(31-23(19)27(28,29)30)21-9-8-18(39-3)14-20(21)25(37)33-12-13-40-15-33/h4-9,14H,10-13,15H2,1-3H3. The molecule has 1 aromatic heterocycles. The van der Waals surface area contributed by atoms with E-state index in [1.807, 2.05) is 0 Å². The van der Waals surface area contributed by atoms with Gasteiger partial charge in [0, 0.05) is 49.8 Å². The lowest BCUT2D eigenvalue weighted by molar-refractivity contribution is -0.141. The molecule has 0 N–H and O–H groups in total. The van der Waals surface area contributed by atoms with E-state index in [0.717, 1.165) is 10.4 Å². The summed E-state index contributed by atoms with van der Waals surface area (Å²) in [6, 6.07) is 10.7. The first kappa shape index (κ1) is 27.6. The Morgan fingerprint density at radius 1 is 1.07 bits per heavy atom. The highest BCUT2D eigenvalue weighted by molar-refractivity contribution is 7.99. The van der Waals surface area contributed by atoms with Crippen LogP contribution in [0.3, 0.4) is 0 Å². The fourth-order valence-electron chi connectivity index (χ4n) is 4.79. The molecule has 3 amide bonds. The topological polar surface area (TPSA) is 88.0 Å². The van der Waals surface area contributed by atoms with Gasteiger partial charge in [0.2, 0.25) is 0 Å². The number of carbonyl (C=O) groups is 3. The molecule has 3 aromatic rings. The summed E-state index contributed by atoms with van der Waals surface area (Å²) < 4.78 is 48.6. The molecule has 2 aromatic carbocycles. The van der Waals surface area contributed by atoms with E-state index >= 15 is 0 Å². The number of carbonyl (C=O) groups excluding carboxylic acids is 3. The summed E-state index contributed by atoms with van der Waals surface area (Å²) >= 11 is 1.57. The van der Waals surface area contributed by atoms with Gasteiger partial charge in [-0.3, -0.25) is 14.4 Å². The molecule has 210 valence electrons. The second kappa shape index (κ2) is 10.5. The molecule has 1 fully saturated rings. The molecule has 0 aliphatic carbocycles. The number of halogens is 3. The molecule has 9 nitrogen and oxygen atoms in total. The van der Waals surface area contributed by atoms with Crippen LogP contribution in [0.2, 0.25) is 0 Å². The molecular weight excluding hydrogens is 547 g/mol. The molecule has 3 heterocycles. The molecule has 0 saturated carbocycles. The number of benzene rings is 2. The summed E-state index contributed by atoms with van der Waals surface area (Å²) in [6.07, 6.45) is -4.91. The van der Waals surface area contributed by atoms with Crippen LogP contribution in [0.4, 0.5) is 18.9 Å². The van der Waals surface area contributed by atoms with Gasteiger partial charge in [-0.25, -0.2) is 4.68 Å². The molecule has 2 aliphatic rings. The van der Waals surface area contributed by atoms with Crippen molar-refractivity contribution in [2.45, 2.75) is 12.6 Å². The maximum atomic E-state index is 14.1. The number of anilines is 1. The highest BCUT2D eigenvalue weighted by atomic mass is 32.2. The third kappa shape index (κ3) is 4.89. The molecule has 0 bridgehead atoms. The average molecular weight is 574 g/mol. The fraction of sp³-hybridized carbons (Fsp3) is 0.333. The number of amides is 3. The van der Waals surface area contributed by atoms with Gasteiger partial charge < -0.3 is 19.4 Å². The largest absolute Gasteiger partial charge is 0.497 e. The van der Waals surface area contributed by atoms with Crippen LogP contribution in [0.1, 0.15) is 42.5 Å². The van der Waals surface area contributed by atoms with E-state index in [-0.39, 0.29) is 41.4 Å². The van der Waals surface area contributed by atoms with E-state index in [0.29, 0.717) is 29.4 Å². The minimum absolute atomic E-state index is 0.0129. The Morgan fingerprint density at radius 3 is 2.40 bits per heavy atom. The van der Waals surface area contributed by atoms with Crippen LogP contribution in [0.15, 0.2) is 42.5 Å². The highest BCUT2D eigenvalue weighted by Crippen LogP contribution is 2.38. The molecule has 13 heteroatoms. The van der Waals surface area contributed by atoms with Crippen molar-refractivity contribution in [3.8, 4) is 11.4 Å². The maximum absolute atomic E-state index is 14.1. The quantitative estimate of drug-likeness (QED) is 0.460. The molecule has 0 atom stereocenters. The Morgan fingerprint density at radius 2 is 1.80 bits per heavy atom. The summed E-state index contributed by atoms with van der Waals surface area (Å²) in [6.45, 7) is 0.477. The second-order valence-corrected chi connectivity index (χ2v) is 10.6. The SMILES string of the molecule is COc1ccc(-n2nc(C(F)(F)F)c3c2C(=O)N(c2ccc(C(=O)N(C)C)cc2)CC3)c(C(=O)N2CCSC2)c1. The van der Waals surface area contributed by atoms with E-state index in [9.17, 15) is 27.6 Å². The number of fused-ring (bicyclic) bond motifs is 1. The van der Waals surface area contributed by atoms with E-state index in [1.165, 1.54) is 35.1 Å². The van der Waals surface area contributed by atoms with Gasteiger partial charge in [-0.1, -0.05) is 0 Å². The number of hydrogen-bond donors (Lipinski definition) is 0. The third-order valence-corrected chi connectivity index (χ3v) is 7.78. The van der Waals surface area contributed by atoms with E-state index < -0.39 is 23.7 Å². The summed E-state index contributed by atoms with van der Waals surface area (Å²) in [7, 11) is 4.66. The second-order valence-electron chi connectivity index (χ2n) is 9.53. The highest BCUT2D eigenvalue weighted by Gasteiger charge is 2.44. The van der Waals surface area contributed by atoms with Crippen LogP contribution in [0, 0.1) is 0 Å². The minimum atomic E-state index is -4.81. The lowest BCUT2D eigenvalue weighted by atomic mass is 10.0. The number of aromatic nitrogens is 2. The normalized spacial score (nSPS) is 15.3. The van der Waals surface area contributed by atoms with E-state index in [4.69, 9.17) is 4.74 Å². The van der Waals surface area contributed by atoms with Gasteiger partial charge in [0.05, 0.1) is 24.2 Å². The van der Waals surface area contributed by atoms with Crippen molar-refractivity contribution in [3.63, 3.8) is 0 Å². The Bertz CT molecular complexity index is 1480. The van der Waals surface area contributed by atoms with Crippen LogP contribution < -0.4 is 9.64 Å². The van der Waals surface area contributed by atoms with Gasteiger partial charge in [-0.15, -0.1) is 11.8 Å². The summed E-state index contributed by atoms with van der Waals surface area (Å²) in [5.74, 6) is 0.225. The van der Waals surface area contributed by atoms with Crippen LogP contribution in [-0.2, 0) is 12.6 Å². The Balaban J connectivity index is 1.62. The third-order valence-electron chi connectivity index (χ3n) is 6.82. The lowest BCUT2D eigenvalue weighted by Crippen LogP contribution is -2.39. The number of nitrogens with zero attached hydrogens (tertiary/aromatic N) is 5. The van der Waals surface area contributed by atoms with Crippen molar-refractivity contribution in [2.75, 3.05) is 50.8 Å². The average Bonchev–Trinajstić information content (AvgIpc) is 3.61. The van der Waals surface area contributed by atoms with Gasteiger partial charge in [-0.2, -0.15) is 18.3 Å². The van der Waals surface area contributed by atoms with E-state index in [2.05, 4.69) is 5.10 Å². The number of methoxy groups -OCH3 is 1. The van der Waals surface area contributed by atoms with Gasteiger partial charge in [0.25, 0.3) is 17.7 Å². The summed E-state index contributed by atoms with van der Waals surface area (Å²) in [5.41, 5.74) is -0.680. The lowest BCUT2D eigenvalue weighted by Gasteiger charge is -2.28. The van der Waals surface area contributed by atoms with Crippen molar-refractivity contribution in [1.82, 2.24) is 19.6 Å². The zero-order chi connectivity index (χ0) is 28.8. The van der Waals surface area contributed by atoms with Crippen LogP contribution in [0.25, 0.3) is 5.69 Å². The van der Waals surface area contributed by atoms with Gasteiger partial charge in [-0.05, 0) is 48.9 Å². The molecule has 0 unspecified atom stereocenters. The van der Waals surface area contributed by atoms with Gasteiger partial charge in [0.1, 0.15) is 11.4 Å². The molecule has 5 rings (SSSR count). The zero-order valence-electron chi connectivity index (χ0n) is 22.0. The van der Waals surface area contributed by atoms with Crippen LogP contribution in [0.5, 0.6) is 5.75 Å². The molecular formula is C27H26F3N5O4S. The smallest absolute Gasteiger partial charge is 0.435 e. The van der Waals surface area contributed by atoms with Crippen LogP contribution >= 0.6 is 11.8 Å². The monoisotopic (exact) mass is 573 g/mol. The Kier molecular flexibility index (Phi) is 7.25. The fourth-order valence-corrected chi connectivity index (χ4v) is 5.74. The minimum Gasteiger partial charge on any atom is -0.497 e. The summed E-state index contributed by atoms with van der Waals surface area (Å²) in [4.78, 5) is 43.9. The zero-order valence-corrected chi connectivity index (χ0v) is 22.8. The Labute approximate surface area is 232 Å². The van der Waals surface area contributed by atoms with Gasteiger partial charge in [0.15, 0.2) is 5.69 Å². The first-order chi connectivity index (χ1) is 19.0. The number of thioether (sulfide) groups is 1. The molecule has 2 aliphatic heterocycles. The number of alkyl halides is 3. The Hall–Kier alpha value is -4.00. The van der Waals surface area contributed by atoms with Crippen molar-refractivity contribution in [2.24, 2.45) is 0 Å². The summed E-state index contributed by atoms with van der Waals surface area (Å²) in [5, 5.41) is 3.87. The van der Waals surface area contributed by atoms with Crippen molar-refractivity contribution in [1.29, 1.82) is 0 Å². The number of hydrogen-bond acceptors (Lipinski definition) is 6. The van der Waals surface area contributed by atoms with Crippen molar-refractivity contribution < 1.29 is 32.3 Å². The first-order valence-electron chi connectivity index (χ1n) is 12.4. The molecule has 0 spiro atoms. The van der Waals surface area contributed by atoms with Crippen LogP contribution in [-0.4, -0.2) is 83.2 Å². The first-order valence-corrected chi connectivity index (χ1v) is 13.5. The van der Waals surface area contributed by atoms with E-state index in [1.54, 1.807) is 55.0 Å². The number of rotatable bonds is 5.